The van der Waals surface area contributed by atoms with E-state index in [9.17, 15) is 0 Å². The Hall–Kier alpha value is -4.44. The molecule has 0 saturated carbocycles. The van der Waals surface area contributed by atoms with Crippen molar-refractivity contribution in [1.82, 2.24) is 14.5 Å². The van der Waals surface area contributed by atoms with Gasteiger partial charge in [0, 0.05) is 21.8 Å². The molecule has 32 heavy (non-hydrogen) atoms. The molecule has 0 aliphatic heterocycles. The van der Waals surface area contributed by atoms with Crippen LogP contribution in [0.2, 0.25) is 0 Å². The number of furan rings is 1. The summed E-state index contributed by atoms with van der Waals surface area (Å²) in [6.07, 6.45) is 1.92. The summed E-state index contributed by atoms with van der Waals surface area (Å²) in [5.74, 6) is 0.842. The van der Waals surface area contributed by atoms with Crippen molar-refractivity contribution in [3.05, 3.63) is 103 Å². The number of benzene rings is 4. The summed E-state index contributed by atoms with van der Waals surface area (Å²) >= 11 is 0. The van der Waals surface area contributed by atoms with E-state index < -0.39 is 0 Å². The Labute approximate surface area is 183 Å². The third kappa shape index (κ3) is 2.38. The van der Waals surface area contributed by atoms with Crippen molar-refractivity contribution in [3.8, 4) is 17.1 Å². The van der Waals surface area contributed by atoms with Crippen molar-refractivity contribution in [2.45, 2.75) is 0 Å². The third-order valence-electron chi connectivity index (χ3n) is 6.06. The zero-order chi connectivity index (χ0) is 21.1. The van der Waals surface area contributed by atoms with Crippen molar-refractivity contribution in [2.24, 2.45) is 0 Å². The molecule has 7 rings (SSSR count). The topological polar surface area (TPSA) is 43.9 Å². The molecule has 0 radical (unpaired) electrons. The molecule has 0 fully saturated rings. The zero-order valence-corrected chi connectivity index (χ0v) is 17.1. The van der Waals surface area contributed by atoms with Gasteiger partial charge in [-0.05, 0) is 30.3 Å². The van der Waals surface area contributed by atoms with E-state index in [1.54, 1.807) is 0 Å². The molecule has 0 N–H and O–H groups in total. The molecule has 4 heteroatoms. The van der Waals surface area contributed by atoms with Crippen molar-refractivity contribution in [2.75, 3.05) is 0 Å². The molecule has 4 aromatic carbocycles. The van der Waals surface area contributed by atoms with Crippen LogP contribution in [0.1, 0.15) is 0 Å². The SMILES string of the molecule is c1ccc(-n2c(-c3cccc4c3oc3ccccc34)nc3c4ccccc4ncc32)cc1. The Balaban J connectivity index is 1.65. The highest BCUT2D eigenvalue weighted by molar-refractivity contribution is 6.10. The molecule has 0 saturated heterocycles. The van der Waals surface area contributed by atoms with Gasteiger partial charge in [0.25, 0.3) is 0 Å². The van der Waals surface area contributed by atoms with Gasteiger partial charge in [-0.3, -0.25) is 9.55 Å². The van der Waals surface area contributed by atoms with Crippen molar-refractivity contribution < 1.29 is 4.42 Å². The van der Waals surface area contributed by atoms with Gasteiger partial charge >= 0.3 is 0 Å². The summed E-state index contributed by atoms with van der Waals surface area (Å²) in [6.45, 7) is 0. The molecule has 0 aliphatic rings. The molecule has 0 unspecified atom stereocenters. The monoisotopic (exact) mass is 411 g/mol. The van der Waals surface area contributed by atoms with E-state index in [1.165, 1.54) is 0 Å². The second-order valence-electron chi connectivity index (χ2n) is 7.90. The van der Waals surface area contributed by atoms with E-state index in [0.29, 0.717) is 0 Å². The molecule has 7 aromatic rings. The van der Waals surface area contributed by atoms with Crippen LogP contribution in [0.3, 0.4) is 0 Å². The van der Waals surface area contributed by atoms with Crippen molar-refractivity contribution in [3.63, 3.8) is 0 Å². The van der Waals surface area contributed by atoms with Crippen molar-refractivity contribution >= 4 is 43.9 Å². The fraction of sp³-hybridized carbons (Fsp3) is 0. The molecular weight excluding hydrogens is 394 g/mol. The molecule has 0 spiro atoms. The summed E-state index contributed by atoms with van der Waals surface area (Å²) < 4.78 is 8.52. The molecular formula is C28H17N3O. The summed E-state index contributed by atoms with van der Waals surface area (Å²) in [7, 11) is 0. The van der Waals surface area contributed by atoms with Gasteiger partial charge in [-0.2, -0.15) is 0 Å². The number of hydrogen-bond donors (Lipinski definition) is 0. The fourth-order valence-corrected chi connectivity index (χ4v) is 4.61. The lowest BCUT2D eigenvalue weighted by molar-refractivity contribution is 0.669. The Morgan fingerprint density at radius 1 is 0.656 bits per heavy atom. The van der Waals surface area contributed by atoms with E-state index in [-0.39, 0.29) is 0 Å². The summed E-state index contributed by atoms with van der Waals surface area (Å²) in [4.78, 5) is 9.89. The average Bonchev–Trinajstić information content (AvgIpc) is 3.43. The van der Waals surface area contributed by atoms with E-state index >= 15 is 0 Å². The summed E-state index contributed by atoms with van der Waals surface area (Å²) in [5, 5.41) is 3.24. The quantitative estimate of drug-likeness (QED) is 0.304. The van der Waals surface area contributed by atoms with Gasteiger partial charge in [0.1, 0.15) is 22.5 Å². The normalized spacial score (nSPS) is 11.8. The maximum Gasteiger partial charge on any atom is 0.149 e. The standard InChI is InChI=1S/C28H17N3O/c1-2-9-18(10-3-1)31-24-17-29-23-15-6-4-12-21(23)26(24)30-28(31)22-14-8-13-20-19-11-5-7-16-25(19)32-27(20)22/h1-17H. The Morgan fingerprint density at radius 2 is 1.41 bits per heavy atom. The van der Waals surface area contributed by atoms with Crippen LogP contribution in [0.4, 0.5) is 0 Å². The van der Waals surface area contributed by atoms with Gasteiger partial charge in [-0.1, -0.05) is 66.7 Å². The number of imidazole rings is 1. The van der Waals surface area contributed by atoms with E-state index in [2.05, 4.69) is 47.0 Å². The molecule has 150 valence electrons. The number of para-hydroxylation sites is 4. The van der Waals surface area contributed by atoms with Crippen LogP contribution in [0.15, 0.2) is 108 Å². The first-order chi connectivity index (χ1) is 15.9. The third-order valence-corrected chi connectivity index (χ3v) is 6.06. The van der Waals surface area contributed by atoms with E-state index in [1.807, 2.05) is 60.8 Å². The largest absolute Gasteiger partial charge is 0.455 e. The van der Waals surface area contributed by atoms with E-state index in [0.717, 1.165) is 61.0 Å². The van der Waals surface area contributed by atoms with Crippen LogP contribution in [-0.2, 0) is 0 Å². The van der Waals surface area contributed by atoms with Gasteiger partial charge in [0.15, 0.2) is 0 Å². The van der Waals surface area contributed by atoms with Gasteiger partial charge in [0.2, 0.25) is 0 Å². The smallest absolute Gasteiger partial charge is 0.149 e. The first-order valence-corrected chi connectivity index (χ1v) is 10.6. The van der Waals surface area contributed by atoms with Gasteiger partial charge < -0.3 is 4.42 Å². The molecule has 3 heterocycles. The Bertz CT molecular complexity index is 1780. The maximum atomic E-state index is 6.34. The lowest BCUT2D eigenvalue weighted by atomic mass is 10.1. The van der Waals surface area contributed by atoms with Crippen LogP contribution in [0, 0.1) is 0 Å². The lowest BCUT2D eigenvalue weighted by Gasteiger charge is -2.09. The fourth-order valence-electron chi connectivity index (χ4n) is 4.61. The average molecular weight is 411 g/mol. The molecule has 0 atom stereocenters. The molecule has 3 aromatic heterocycles. The molecule has 0 bridgehead atoms. The maximum absolute atomic E-state index is 6.34. The minimum Gasteiger partial charge on any atom is -0.455 e. The number of nitrogens with zero attached hydrogens (tertiary/aromatic N) is 3. The van der Waals surface area contributed by atoms with Gasteiger partial charge in [0.05, 0.1) is 22.8 Å². The van der Waals surface area contributed by atoms with Gasteiger partial charge in [-0.25, -0.2) is 4.98 Å². The minimum atomic E-state index is 0.842. The number of hydrogen-bond acceptors (Lipinski definition) is 3. The second kappa shape index (κ2) is 6.53. The van der Waals surface area contributed by atoms with Crippen LogP contribution in [0.25, 0.3) is 61.0 Å². The molecule has 4 nitrogen and oxygen atoms in total. The minimum absolute atomic E-state index is 0.842. The zero-order valence-electron chi connectivity index (χ0n) is 17.1. The highest BCUT2D eigenvalue weighted by Gasteiger charge is 2.20. The molecule has 0 amide bonds. The lowest BCUT2D eigenvalue weighted by Crippen LogP contribution is -1.97. The summed E-state index contributed by atoms with van der Waals surface area (Å²) in [5.41, 5.74) is 6.56. The highest BCUT2D eigenvalue weighted by atomic mass is 16.3. The number of pyridine rings is 1. The predicted molar refractivity (Wildman–Crippen MR) is 129 cm³/mol. The predicted octanol–water partition coefficient (Wildman–Crippen LogP) is 7.14. The van der Waals surface area contributed by atoms with Crippen LogP contribution in [-0.4, -0.2) is 14.5 Å². The number of rotatable bonds is 2. The first kappa shape index (κ1) is 17.3. The van der Waals surface area contributed by atoms with Crippen LogP contribution >= 0.6 is 0 Å². The van der Waals surface area contributed by atoms with Crippen LogP contribution in [0.5, 0.6) is 0 Å². The van der Waals surface area contributed by atoms with Gasteiger partial charge in [-0.15, -0.1) is 0 Å². The summed E-state index contributed by atoms with van der Waals surface area (Å²) in [6, 6.07) is 32.9. The number of aromatic nitrogens is 3. The first-order valence-electron chi connectivity index (χ1n) is 10.6. The van der Waals surface area contributed by atoms with E-state index in [4.69, 9.17) is 14.4 Å². The van der Waals surface area contributed by atoms with Crippen molar-refractivity contribution in [1.29, 1.82) is 0 Å². The molecule has 0 aliphatic carbocycles. The second-order valence-corrected chi connectivity index (χ2v) is 7.90. The Kier molecular flexibility index (Phi) is 3.52. The van der Waals surface area contributed by atoms with Crippen LogP contribution < -0.4 is 0 Å². The number of fused-ring (bicyclic) bond motifs is 6. The Morgan fingerprint density at radius 3 is 2.31 bits per heavy atom. The highest BCUT2D eigenvalue weighted by Crippen LogP contribution is 2.38.